The number of ether oxygens (including phenoxy) is 4. The van der Waals surface area contributed by atoms with Gasteiger partial charge in [-0.3, -0.25) is 14.6 Å². The third kappa shape index (κ3) is 4.91. The molecule has 0 radical (unpaired) electrons. The molecule has 35 heavy (non-hydrogen) atoms. The van der Waals surface area contributed by atoms with Crippen molar-refractivity contribution in [3.05, 3.63) is 83.2 Å². The molecule has 4 rings (SSSR count). The van der Waals surface area contributed by atoms with Crippen molar-refractivity contribution in [3.63, 3.8) is 0 Å². The lowest BCUT2D eigenvalue weighted by molar-refractivity contribution is -0.128. The Morgan fingerprint density at radius 3 is 2.57 bits per heavy atom. The van der Waals surface area contributed by atoms with Gasteiger partial charge in [-0.2, -0.15) is 4.39 Å². The van der Waals surface area contributed by atoms with Gasteiger partial charge in [0, 0.05) is 23.0 Å². The fourth-order valence-electron chi connectivity index (χ4n) is 3.66. The number of benzene rings is 2. The number of amides is 2. The van der Waals surface area contributed by atoms with Crippen molar-refractivity contribution in [2.45, 2.75) is 18.5 Å². The molecule has 3 atom stereocenters. The minimum Gasteiger partial charge on any atom is -0.497 e. The van der Waals surface area contributed by atoms with Crippen LogP contribution in [0.4, 0.5) is 14.5 Å². The van der Waals surface area contributed by atoms with Gasteiger partial charge in [-0.1, -0.05) is 12.1 Å². The molecule has 1 aromatic heterocycles. The molecule has 0 spiro atoms. The summed E-state index contributed by atoms with van der Waals surface area (Å²) in [7, 11) is 2.67. The summed E-state index contributed by atoms with van der Waals surface area (Å²) >= 11 is 0. The number of carbonyl (C=O) groups is 2. The van der Waals surface area contributed by atoms with Gasteiger partial charge in [0.05, 0.1) is 14.2 Å². The summed E-state index contributed by atoms with van der Waals surface area (Å²) < 4.78 is 50.5. The first-order chi connectivity index (χ1) is 16.8. The maximum Gasteiger partial charge on any atom is 0.267 e. The second-order valence-electron chi connectivity index (χ2n) is 7.49. The van der Waals surface area contributed by atoms with E-state index in [1.807, 2.05) is 0 Å². The molecule has 11 heteroatoms. The zero-order valence-corrected chi connectivity index (χ0v) is 18.7. The number of carbonyl (C=O) groups excluding carboxylic acids is 2. The van der Waals surface area contributed by atoms with E-state index in [1.54, 1.807) is 24.3 Å². The van der Waals surface area contributed by atoms with Crippen LogP contribution in [0.5, 0.6) is 11.5 Å². The first-order valence-corrected chi connectivity index (χ1v) is 10.4. The van der Waals surface area contributed by atoms with Crippen LogP contribution in [0.2, 0.25) is 0 Å². The van der Waals surface area contributed by atoms with Crippen LogP contribution in [0, 0.1) is 11.6 Å². The number of hydrogen-bond acceptors (Lipinski definition) is 7. The van der Waals surface area contributed by atoms with Crippen LogP contribution in [0.1, 0.15) is 34.0 Å². The zero-order chi connectivity index (χ0) is 25.1. The number of rotatable bonds is 7. The number of anilines is 1. The van der Waals surface area contributed by atoms with Crippen molar-refractivity contribution >= 4 is 17.5 Å². The molecule has 2 amide bonds. The van der Waals surface area contributed by atoms with Gasteiger partial charge in [0.1, 0.15) is 17.5 Å². The third-order valence-corrected chi connectivity index (χ3v) is 5.31. The molecule has 1 saturated heterocycles. The van der Waals surface area contributed by atoms with Crippen LogP contribution in [0.3, 0.4) is 0 Å². The maximum absolute atomic E-state index is 14.5. The van der Waals surface area contributed by atoms with Gasteiger partial charge in [0.15, 0.2) is 24.0 Å². The largest absolute Gasteiger partial charge is 0.497 e. The lowest BCUT2D eigenvalue weighted by atomic mass is 10.0. The van der Waals surface area contributed by atoms with Gasteiger partial charge in [0.25, 0.3) is 11.8 Å². The summed E-state index contributed by atoms with van der Waals surface area (Å²) in [6.45, 7) is 0. The molecule has 3 aromatic rings. The number of hydrogen-bond donors (Lipinski definition) is 2. The number of halogens is 2. The molecule has 0 saturated carbocycles. The molecule has 1 aliphatic heterocycles. The third-order valence-electron chi connectivity index (χ3n) is 5.31. The Bertz CT molecular complexity index is 1270. The van der Waals surface area contributed by atoms with E-state index in [0.717, 1.165) is 6.07 Å². The summed E-state index contributed by atoms with van der Waals surface area (Å²) in [5.74, 6) is -3.68. The predicted molar refractivity (Wildman–Crippen MR) is 119 cm³/mol. The molecule has 1 fully saturated rings. The maximum atomic E-state index is 14.5. The van der Waals surface area contributed by atoms with Gasteiger partial charge in [-0.05, 0) is 36.4 Å². The van der Waals surface area contributed by atoms with Crippen molar-refractivity contribution in [3.8, 4) is 11.5 Å². The van der Waals surface area contributed by atoms with E-state index in [-0.39, 0.29) is 16.9 Å². The SMILES string of the molecule is COc1cccc([C@H]2O[C@@H](C(=O)Nc3ccnc(C(N)=O)c3)[C@H](c3ccc(F)c(F)c3OC)O2)c1. The number of aromatic nitrogens is 1. The molecule has 0 bridgehead atoms. The Morgan fingerprint density at radius 1 is 1.06 bits per heavy atom. The molecular weight excluding hydrogens is 464 g/mol. The first kappa shape index (κ1) is 24.0. The smallest absolute Gasteiger partial charge is 0.267 e. The van der Waals surface area contributed by atoms with E-state index in [9.17, 15) is 18.4 Å². The van der Waals surface area contributed by atoms with E-state index in [4.69, 9.17) is 24.7 Å². The van der Waals surface area contributed by atoms with Crippen molar-refractivity contribution in [2.75, 3.05) is 19.5 Å². The second-order valence-corrected chi connectivity index (χ2v) is 7.49. The Kier molecular flexibility index (Phi) is 6.90. The van der Waals surface area contributed by atoms with Gasteiger partial charge < -0.3 is 30.0 Å². The molecule has 1 aliphatic rings. The van der Waals surface area contributed by atoms with Crippen LogP contribution in [-0.2, 0) is 14.3 Å². The average Bonchev–Trinajstić information content (AvgIpc) is 3.31. The number of pyridine rings is 1. The summed E-state index contributed by atoms with van der Waals surface area (Å²) in [6.07, 6.45) is -2.22. The fourth-order valence-corrected chi connectivity index (χ4v) is 3.66. The molecule has 3 N–H and O–H groups in total. The highest BCUT2D eigenvalue weighted by molar-refractivity contribution is 5.97. The van der Waals surface area contributed by atoms with Crippen LogP contribution < -0.4 is 20.5 Å². The Hall–Kier alpha value is -4.09. The highest BCUT2D eigenvalue weighted by Gasteiger charge is 2.44. The Balaban J connectivity index is 1.70. The minimum atomic E-state index is -1.31. The van der Waals surface area contributed by atoms with Crippen LogP contribution in [0.15, 0.2) is 54.7 Å². The summed E-state index contributed by atoms with van der Waals surface area (Å²) in [5.41, 5.74) is 6.03. The normalized spacial score (nSPS) is 19.3. The molecular formula is C24H21F2N3O6. The number of primary amides is 1. The highest BCUT2D eigenvalue weighted by Crippen LogP contribution is 2.44. The fraction of sp³-hybridized carbons (Fsp3) is 0.208. The number of nitrogens with two attached hydrogens (primary N) is 1. The van der Waals surface area contributed by atoms with Crippen molar-refractivity contribution in [1.82, 2.24) is 4.98 Å². The monoisotopic (exact) mass is 485 g/mol. The van der Waals surface area contributed by atoms with Crippen molar-refractivity contribution < 1.29 is 37.3 Å². The van der Waals surface area contributed by atoms with E-state index in [0.29, 0.717) is 11.3 Å². The van der Waals surface area contributed by atoms with Gasteiger partial charge in [-0.15, -0.1) is 0 Å². The lowest BCUT2D eigenvalue weighted by Crippen LogP contribution is -2.32. The van der Waals surface area contributed by atoms with E-state index in [1.165, 1.54) is 38.6 Å². The number of nitrogens with one attached hydrogen (secondary N) is 1. The number of methoxy groups -OCH3 is 2. The van der Waals surface area contributed by atoms with Gasteiger partial charge >= 0.3 is 0 Å². The summed E-state index contributed by atoms with van der Waals surface area (Å²) in [5, 5.41) is 2.61. The molecule has 0 aliphatic carbocycles. The summed E-state index contributed by atoms with van der Waals surface area (Å²) in [6, 6.07) is 11.7. The van der Waals surface area contributed by atoms with E-state index < -0.39 is 47.7 Å². The quantitative estimate of drug-likeness (QED) is 0.527. The molecule has 2 heterocycles. The summed E-state index contributed by atoms with van der Waals surface area (Å²) in [4.78, 5) is 28.5. The average molecular weight is 485 g/mol. The van der Waals surface area contributed by atoms with Crippen molar-refractivity contribution in [2.24, 2.45) is 5.73 Å². The lowest BCUT2D eigenvalue weighted by Gasteiger charge is -2.19. The molecule has 9 nitrogen and oxygen atoms in total. The van der Waals surface area contributed by atoms with Crippen LogP contribution in [-0.4, -0.2) is 37.1 Å². The van der Waals surface area contributed by atoms with Crippen molar-refractivity contribution in [1.29, 1.82) is 0 Å². The Morgan fingerprint density at radius 2 is 1.86 bits per heavy atom. The van der Waals surface area contributed by atoms with Crippen LogP contribution >= 0.6 is 0 Å². The topological polar surface area (TPSA) is 122 Å². The Labute approximate surface area is 198 Å². The van der Waals surface area contributed by atoms with Crippen LogP contribution in [0.25, 0.3) is 0 Å². The predicted octanol–water partition coefficient (Wildman–Crippen LogP) is 3.27. The highest BCUT2D eigenvalue weighted by atomic mass is 19.2. The minimum absolute atomic E-state index is 0.0560. The first-order valence-electron chi connectivity index (χ1n) is 10.4. The van der Waals surface area contributed by atoms with Gasteiger partial charge in [0.2, 0.25) is 5.82 Å². The molecule has 2 aromatic carbocycles. The van der Waals surface area contributed by atoms with Gasteiger partial charge in [-0.25, -0.2) is 4.39 Å². The molecule has 0 unspecified atom stereocenters. The molecule has 182 valence electrons. The van der Waals surface area contributed by atoms with E-state index in [2.05, 4.69) is 10.3 Å². The second kappa shape index (κ2) is 10.0. The zero-order valence-electron chi connectivity index (χ0n) is 18.7. The standard InChI is InChI=1S/C24H21F2N3O6/c1-32-14-5-3-4-12(10-14)24-34-20(15-6-7-16(25)18(26)19(15)33-2)21(35-24)23(31)29-13-8-9-28-17(11-13)22(27)30/h3-11,20-21,24H,1-2H3,(H2,27,30)(H,28,29,31)/t20-,21+,24+/m0/s1. The van der Waals surface area contributed by atoms with E-state index >= 15 is 0 Å². The number of nitrogens with zero attached hydrogens (tertiary/aromatic N) is 1.